The first-order valence-corrected chi connectivity index (χ1v) is 7.85. The van der Waals surface area contributed by atoms with Crippen LogP contribution in [-0.2, 0) is 0 Å². The van der Waals surface area contributed by atoms with Gasteiger partial charge in [-0.25, -0.2) is 9.97 Å². The number of fused-ring (bicyclic) bond motifs is 1. The third kappa shape index (κ3) is 3.46. The molecule has 7 heteroatoms. The average Bonchev–Trinajstić information content (AvgIpc) is 2.68. The molecule has 0 unspecified atom stereocenters. The van der Waals surface area contributed by atoms with Crippen LogP contribution in [0.1, 0.15) is 10.5 Å². The number of rotatable bonds is 4. The van der Waals surface area contributed by atoms with Crippen LogP contribution in [0.2, 0.25) is 0 Å². The number of ether oxygens (including phenoxy) is 1. The molecule has 7 nitrogen and oxygen atoms in total. The molecule has 0 aliphatic rings. The van der Waals surface area contributed by atoms with Gasteiger partial charge in [-0.05, 0) is 24.3 Å². The molecule has 0 fully saturated rings. The second-order valence-corrected chi connectivity index (χ2v) is 5.37. The monoisotopic (exact) mass is 343 g/mol. The lowest BCUT2D eigenvalue weighted by Gasteiger charge is -2.08. The number of aromatic nitrogens is 4. The predicted molar refractivity (Wildman–Crippen MR) is 96.0 cm³/mol. The minimum atomic E-state index is -0.347. The van der Waals surface area contributed by atoms with Crippen LogP contribution in [0, 0.1) is 0 Å². The van der Waals surface area contributed by atoms with Crippen molar-refractivity contribution >= 4 is 22.6 Å². The molecule has 2 heterocycles. The highest BCUT2D eigenvalue weighted by Crippen LogP contribution is 2.22. The fourth-order valence-electron chi connectivity index (χ4n) is 2.36. The number of para-hydroxylation sites is 2. The Hall–Kier alpha value is -3.87. The maximum absolute atomic E-state index is 12.5. The van der Waals surface area contributed by atoms with E-state index in [4.69, 9.17) is 4.74 Å². The predicted octanol–water partition coefficient (Wildman–Crippen LogP) is 3.46. The van der Waals surface area contributed by atoms with E-state index < -0.39 is 0 Å². The van der Waals surface area contributed by atoms with Gasteiger partial charge in [0.2, 0.25) is 5.88 Å². The number of hydrogen-bond acceptors (Lipinski definition) is 6. The molecule has 4 rings (SSSR count). The smallest absolute Gasteiger partial charge is 0.275 e. The summed E-state index contributed by atoms with van der Waals surface area (Å²) in [4.78, 5) is 29.0. The van der Waals surface area contributed by atoms with E-state index in [1.165, 1.54) is 12.4 Å². The van der Waals surface area contributed by atoms with E-state index in [2.05, 4.69) is 25.3 Å². The topological polar surface area (TPSA) is 89.9 Å². The lowest BCUT2D eigenvalue weighted by Crippen LogP contribution is -2.14. The molecule has 0 spiro atoms. The fraction of sp³-hybridized carbons (Fsp3) is 0. The minimum absolute atomic E-state index is 0.240. The molecule has 1 N–H and O–H groups in total. The van der Waals surface area contributed by atoms with Gasteiger partial charge >= 0.3 is 0 Å². The van der Waals surface area contributed by atoms with E-state index in [9.17, 15) is 4.79 Å². The minimum Gasteiger partial charge on any atom is -0.437 e. The molecule has 0 aliphatic carbocycles. The van der Waals surface area contributed by atoms with Gasteiger partial charge < -0.3 is 10.1 Å². The molecule has 0 bridgehead atoms. The van der Waals surface area contributed by atoms with Crippen molar-refractivity contribution in [2.24, 2.45) is 0 Å². The molecular weight excluding hydrogens is 330 g/mol. The Labute approximate surface area is 148 Å². The van der Waals surface area contributed by atoms with E-state index in [1.807, 2.05) is 24.3 Å². The first-order valence-electron chi connectivity index (χ1n) is 7.85. The van der Waals surface area contributed by atoms with E-state index in [0.29, 0.717) is 22.8 Å². The van der Waals surface area contributed by atoms with Crippen molar-refractivity contribution < 1.29 is 9.53 Å². The Morgan fingerprint density at radius 3 is 2.65 bits per heavy atom. The highest BCUT2D eigenvalue weighted by molar-refractivity contribution is 6.03. The number of nitrogens with one attached hydrogen (secondary N) is 1. The van der Waals surface area contributed by atoms with Crippen molar-refractivity contribution in [2.45, 2.75) is 0 Å². The third-order valence-corrected chi connectivity index (χ3v) is 3.54. The molecule has 0 aliphatic heterocycles. The molecule has 126 valence electrons. The summed E-state index contributed by atoms with van der Waals surface area (Å²) in [6.45, 7) is 0. The lowest BCUT2D eigenvalue weighted by atomic mass is 10.2. The molecule has 0 saturated heterocycles. The maximum atomic E-state index is 12.5. The van der Waals surface area contributed by atoms with Gasteiger partial charge in [0.1, 0.15) is 11.4 Å². The molecule has 26 heavy (non-hydrogen) atoms. The summed E-state index contributed by atoms with van der Waals surface area (Å²) >= 11 is 0. The highest BCUT2D eigenvalue weighted by Gasteiger charge is 2.10. The Morgan fingerprint density at radius 2 is 1.81 bits per heavy atom. The molecule has 0 radical (unpaired) electrons. The SMILES string of the molecule is O=C(Nc1cccc(Oc2cnccn2)c1)c1cnc2ccccc2n1. The first-order chi connectivity index (χ1) is 12.8. The van der Waals surface area contributed by atoms with E-state index in [-0.39, 0.29) is 11.6 Å². The van der Waals surface area contributed by atoms with Crippen LogP contribution in [0.5, 0.6) is 11.6 Å². The van der Waals surface area contributed by atoms with Crippen LogP contribution in [-0.4, -0.2) is 25.8 Å². The number of hydrogen-bond donors (Lipinski definition) is 1. The number of carbonyl (C=O) groups excluding carboxylic acids is 1. The summed E-state index contributed by atoms with van der Waals surface area (Å²) in [7, 11) is 0. The molecule has 1 amide bonds. The van der Waals surface area contributed by atoms with Crippen molar-refractivity contribution in [1.82, 2.24) is 19.9 Å². The van der Waals surface area contributed by atoms with Gasteiger partial charge in [-0.2, -0.15) is 0 Å². The number of amides is 1. The van der Waals surface area contributed by atoms with Crippen LogP contribution >= 0.6 is 0 Å². The molecule has 4 aromatic rings. The van der Waals surface area contributed by atoms with E-state index in [0.717, 1.165) is 5.52 Å². The van der Waals surface area contributed by atoms with Crippen LogP contribution in [0.15, 0.2) is 73.3 Å². The summed E-state index contributed by atoms with van der Waals surface area (Å²) in [5.41, 5.74) is 2.22. The van der Waals surface area contributed by atoms with E-state index >= 15 is 0 Å². The molecular formula is C19H13N5O2. The second kappa shape index (κ2) is 6.94. The van der Waals surface area contributed by atoms with Crippen molar-refractivity contribution in [3.8, 4) is 11.6 Å². The van der Waals surface area contributed by atoms with Gasteiger partial charge in [-0.15, -0.1) is 0 Å². The first kappa shape index (κ1) is 15.6. The summed E-state index contributed by atoms with van der Waals surface area (Å²) < 4.78 is 5.61. The summed E-state index contributed by atoms with van der Waals surface area (Å²) in [5, 5.41) is 2.79. The molecule has 0 saturated carbocycles. The zero-order valence-electron chi connectivity index (χ0n) is 13.5. The summed E-state index contributed by atoms with van der Waals surface area (Å²) in [5.74, 6) is 0.559. The number of benzene rings is 2. The van der Waals surface area contributed by atoms with Gasteiger partial charge in [0.05, 0.1) is 23.4 Å². The van der Waals surface area contributed by atoms with Crippen LogP contribution in [0.4, 0.5) is 5.69 Å². The van der Waals surface area contributed by atoms with Crippen LogP contribution in [0.25, 0.3) is 11.0 Å². The second-order valence-electron chi connectivity index (χ2n) is 5.37. The van der Waals surface area contributed by atoms with Gasteiger partial charge in [-0.3, -0.25) is 14.8 Å². The van der Waals surface area contributed by atoms with E-state index in [1.54, 1.807) is 36.7 Å². The van der Waals surface area contributed by atoms with Crippen LogP contribution < -0.4 is 10.1 Å². The quantitative estimate of drug-likeness (QED) is 0.610. The average molecular weight is 343 g/mol. The molecule has 2 aromatic heterocycles. The van der Waals surface area contributed by atoms with Gasteiger partial charge in [-0.1, -0.05) is 18.2 Å². The number of carbonyl (C=O) groups is 1. The third-order valence-electron chi connectivity index (χ3n) is 3.54. The van der Waals surface area contributed by atoms with Crippen molar-refractivity contribution in [1.29, 1.82) is 0 Å². The Bertz CT molecular complexity index is 1070. The summed E-state index contributed by atoms with van der Waals surface area (Å²) in [6.07, 6.45) is 6.07. The molecule has 0 atom stereocenters. The van der Waals surface area contributed by atoms with Gasteiger partial charge in [0, 0.05) is 24.1 Å². The number of nitrogens with zero attached hydrogens (tertiary/aromatic N) is 4. The van der Waals surface area contributed by atoms with Crippen molar-refractivity contribution in [3.63, 3.8) is 0 Å². The standard InChI is InChI=1S/C19H13N5O2/c25-19(17-11-22-15-6-1-2-7-16(15)24-17)23-13-4-3-5-14(10-13)26-18-12-20-8-9-21-18/h1-12H,(H,23,25). The van der Waals surface area contributed by atoms with Gasteiger partial charge in [0.25, 0.3) is 5.91 Å². The van der Waals surface area contributed by atoms with Gasteiger partial charge in [0.15, 0.2) is 0 Å². The highest BCUT2D eigenvalue weighted by atomic mass is 16.5. The number of anilines is 1. The zero-order valence-corrected chi connectivity index (χ0v) is 13.5. The normalized spacial score (nSPS) is 10.5. The summed E-state index contributed by atoms with van der Waals surface area (Å²) in [6, 6.07) is 14.4. The zero-order chi connectivity index (χ0) is 17.8. The maximum Gasteiger partial charge on any atom is 0.275 e. The Kier molecular flexibility index (Phi) is 4.17. The van der Waals surface area contributed by atoms with Crippen molar-refractivity contribution in [2.75, 3.05) is 5.32 Å². The fourth-order valence-corrected chi connectivity index (χ4v) is 2.36. The van der Waals surface area contributed by atoms with Crippen molar-refractivity contribution in [3.05, 3.63) is 79.0 Å². The lowest BCUT2D eigenvalue weighted by molar-refractivity contribution is 0.102. The van der Waals surface area contributed by atoms with Crippen LogP contribution in [0.3, 0.4) is 0 Å². The Balaban J connectivity index is 1.52. The Morgan fingerprint density at radius 1 is 0.923 bits per heavy atom. The largest absolute Gasteiger partial charge is 0.437 e. The molecule has 2 aromatic carbocycles.